The SMILES string of the molecule is C=C[C@@H]1CC1(NC(=O)C1CCCN1C)C(=NC)NP(C)(=O)SC1CC1.COc1cc2cc[nH]c(=O)c2cc1/C=C/COCC(NC(=O)OC(C)(C)C)C(=O)N[C@H](C=O)C1CCCCC1. The zero-order valence-corrected chi connectivity index (χ0v) is 40.1. The first-order valence-electron chi connectivity index (χ1n) is 22.3. The fourth-order valence-electron chi connectivity index (χ4n) is 8.24. The Kier molecular flexibility index (Phi) is 17.9. The lowest BCUT2D eigenvalue weighted by Gasteiger charge is -2.29. The summed E-state index contributed by atoms with van der Waals surface area (Å²) in [5.41, 5.74) is -0.840. The fraction of sp³-hybridized carbons (Fsp3) is 0.609. The number of aliphatic imine (C=N–C) groups is 1. The first-order chi connectivity index (χ1) is 30.4. The maximum atomic E-state index is 13.1. The van der Waals surface area contributed by atoms with E-state index in [2.05, 4.69) is 42.5 Å². The van der Waals surface area contributed by atoms with E-state index >= 15 is 0 Å². The summed E-state index contributed by atoms with van der Waals surface area (Å²) >= 11 is 1.53. The van der Waals surface area contributed by atoms with E-state index in [1.54, 1.807) is 78.1 Å². The molecule has 3 aliphatic carbocycles. The van der Waals surface area contributed by atoms with Gasteiger partial charge in [-0.15, -0.1) is 6.58 Å². The van der Waals surface area contributed by atoms with Crippen molar-refractivity contribution in [2.45, 2.75) is 119 Å². The van der Waals surface area contributed by atoms with Crippen LogP contribution in [-0.4, -0.2) is 122 Å². The van der Waals surface area contributed by atoms with Crippen LogP contribution >= 0.6 is 17.9 Å². The number of amidine groups is 1. The van der Waals surface area contributed by atoms with Gasteiger partial charge in [-0.3, -0.25) is 28.8 Å². The molecule has 0 bridgehead atoms. The summed E-state index contributed by atoms with van der Waals surface area (Å²) in [5, 5.41) is 13.5. The molecule has 18 heteroatoms. The quantitative estimate of drug-likeness (QED) is 0.0283. The number of likely N-dealkylation sites (tertiary alicyclic amines) is 1. The Hall–Kier alpha value is -4.44. The number of aldehydes is 1. The molecule has 3 amide bonds. The molecular weight excluding hydrogens is 858 g/mol. The van der Waals surface area contributed by atoms with Gasteiger partial charge in [-0.2, -0.15) is 0 Å². The molecule has 16 nitrogen and oxygen atoms in total. The molecule has 1 aromatic heterocycles. The lowest BCUT2D eigenvalue weighted by molar-refractivity contribution is -0.128. The topological polar surface area (TPSA) is 210 Å². The van der Waals surface area contributed by atoms with Crippen LogP contribution in [0.15, 0.2) is 52.9 Å². The summed E-state index contributed by atoms with van der Waals surface area (Å²) in [5.74, 6) is 0.952. The lowest BCUT2D eigenvalue weighted by atomic mass is 9.84. The highest BCUT2D eigenvalue weighted by Crippen LogP contribution is 2.60. The van der Waals surface area contributed by atoms with Crippen molar-refractivity contribution in [3.05, 3.63) is 59.0 Å². The molecule has 2 heterocycles. The van der Waals surface area contributed by atoms with Crippen molar-refractivity contribution in [1.82, 2.24) is 30.9 Å². The number of nitrogens with one attached hydrogen (secondary N) is 5. The normalized spacial score (nSPS) is 23.5. The smallest absolute Gasteiger partial charge is 0.408 e. The molecule has 1 saturated heterocycles. The third kappa shape index (κ3) is 14.3. The molecule has 0 spiro atoms. The van der Waals surface area contributed by atoms with Gasteiger partial charge in [0.15, 0.2) is 0 Å². The van der Waals surface area contributed by atoms with E-state index in [0.717, 1.165) is 82.4 Å². The van der Waals surface area contributed by atoms with Gasteiger partial charge >= 0.3 is 6.09 Å². The van der Waals surface area contributed by atoms with Gasteiger partial charge in [-0.1, -0.05) is 48.9 Å². The number of aromatic amines is 1. The maximum absolute atomic E-state index is 13.1. The number of likely N-dealkylation sites (N-methyl/N-ethyl adjacent to an activating group) is 1. The number of ether oxygens (including phenoxy) is 3. The van der Waals surface area contributed by atoms with Gasteiger partial charge in [-0.05, 0) is 109 Å². The lowest BCUT2D eigenvalue weighted by Crippen LogP contribution is -2.54. The van der Waals surface area contributed by atoms with E-state index in [0.29, 0.717) is 27.8 Å². The molecule has 4 aliphatic rings. The highest BCUT2D eigenvalue weighted by Gasteiger charge is 2.59. The fourth-order valence-corrected chi connectivity index (χ4v) is 12.6. The van der Waals surface area contributed by atoms with Crippen molar-refractivity contribution >= 4 is 64.8 Å². The molecule has 64 heavy (non-hydrogen) atoms. The van der Waals surface area contributed by atoms with Crippen molar-refractivity contribution in [2.24, 2.45) is 16.8 Å². The van der Waals surface area contributed by atoms with Crippen LogP contribution in [0, 0.1) is 11.8 Å². The van der Waals surface area contributed by atoms with E-state index in [-0.39, 0.29) is 42.6 Å². The number of carbonyl (C=O) groups excluding carboxylic acids is 4. The van der Waals surface area contributed by atoms with E-state index in [1.807, 2.05) is 13.1 Å². The number of rotatable bonds is 18. The Balaban J connectivity index is 0.000000264. The molecule has 6 rings (SSSR count). The molecule has 4 unspecified atom stereocenters. The highest BCUT2D eigenvalue weighted by atomic mass is 32.7. The van der Waals surface area contributed by atoms with Crippen LogP contribution in [0.2, 0.25) is 0 Å². The molecule has 1 aliphatic heterocycles. The summed E-state index contributed by atoms with van der Waals surface area (Å²) < 4.78 is 29.4. The van der Waals surface area contributed by atoms with Crippen molar-refractivity contribution in [3.8, 4) is 5.75 Å². The Bertz CT molecular complexity index is 2150. The molecule has 5 N–H and O–H groups in total. The number of aromatic nitrogens is 1. The second-order valence-corrected chi connectivity index (χ2v) is 23.7. The minimum Gasteiger partial charge on any atom is -0.496 e. The van der Waals surface area contributed by atoms with Crippen molar-refractivity contribution in [3.63, 3.8) is 0 Å². The predicted molar refractivity (Wildman–Crippen MR) is 254 cm³/mol. The number of hydrogen-bond acceptors (Lipinski definition) is 12. The zero-order chi connectivity index (χ0) is 46.7. The van der Waals surface area contributed by atoms with Crippen molar-refractivity contribution in [2.75, 3.05) is 47.6 Å². The van der Waals surface area contributed by atoms with Crippen molar-refractivity contribution < 1.29 is 38.0 Å². The molecular formula is C46H68N7O9PS. The summed E-state index contributed by atoms with van der Waals surface area (Å²) in [7, 11) is 5.23. The second-order valence-electron chi connectivity index (χ2n) is 18.2. The predicted octanol–water partition coefficient (Wildman–Crippen LogP) is 6.20. The Morgan fingerprint density at radius 3 is 2.44 bits per heavy atom. The summed E-state index contributed by atoms with van der Waals surface area (Å²) in [6.07, 6.45) is 16.8. The number of nitrogens with zero attached hydrogens (tertiary/aromatic N) is 2. The standard InChI is InChI=1S/C29H39N3O7.C17H29N4O2PS/c1-29(2,3)39-28(36)32-24(27(35)31-23(17-33)19-9-6-5-7-10-19)18-38-14-8-11-21-15-22-20(16-25(21)37-4)12-13-30-26(22)34;1-5-12-11-17(12,19-15(22)14-7-6-10-21(14)3)16(18-2)20-24(4,23)25-13-8-9-13/h8,11-13,15-17,19,23-24H,5-7,9-10,14,18H2,1-4H3,(H,30,34)(H,31,35)(H,32,36);5,12-14H,1,6-11H2,2-4H3,(H,19,22)(H,18,20,23)/b11-8+;/t23-,24?;12-,14?,17?,24?/m11/s1. The molecule has 0 radical (unpaired) electrons. The molecule has 352 valence electrons. The minimum atomic E-state index is -2.59. The number of carbonyl (C=O) groups is 4. The molecule has 1 aromatic carbocycles. The zero-order valence-electron chi connectivity index (χ0n) is 38.4. The number of hydrogen-bond donors (Lipinski definition) is 5. The van der Waals surface area contributed by atoms with E-state index in [1.165, 1.54) is 11.4 Å². The van der Waals surface area contributed by atoms with Crippen LogP contribution in [0.25, 0.3) is 16.8 Å². The second kappa shape index (κ2) is 22.6. The number of fused-ring (bicyclic) bond motifs is 1. The van der Waals surface area contributed by atoms with Gasteiger partial charge in [0.25, 0.3) is 5.56 Å². The van der Waals surface area contributed by atoms with E-state index in [9.17, 15) is 28.5 Å². The van der Waals surface area contributed by atoms with Crippen LogP contribution in [0.4, 0.5) is 4.79 Å². The third-order valence-corrected chi connectivity index (χ3v) is 16.0. The van der Waals surface area contributed by atoms with Gasteiger partial charge in [0.1, 0.15) is 35.1 Å². The third-order valence-electron chi connectivity index (χ3n) is 11.8. The van der Waals surface area contributed by atoms with E-state index < -0.39 is 41.7 Å². The van der Waals surface area contributed by atoms with Gasteiger partial charge in [0.05, 0.1) is 32.4 Å². The van der Waals surface area contributed by atoms with Gasteiger partial charge in [0, 0.05) is 42.0 Å². The van der Waals surface area contributed by atoms with Gasteiger partial charge < -0.3 is 45.0 Å². The molecule has 3 saturated carbocycles. The van der Waals surface area contributed by atoms with Crippen LogP contribution in [0.1, 0.15) is 90.5 Å². The van der Waals surface area contributed by atoms with Crippen LogP contribution in [-0.2, 0) is 28.4 Å². The Morgan fingerprint density at radius 1 is 1.11 bits per heavy atom. The van der Waals surface area contributed by atoms with Crippen LogP contribution in [0.5, 0.6) is 5.75 Å². The minimum absolute atomic E-state index is 0.0353. The Labute approximate surface area is 381 Å². The first-order valence-corrected chi connectivity index (χ1v) is 25.9. The number of benzene rings is 1. The Morgan fingerprint density at radius 2 is 1.84 bits per heavy atom. The average molecular weight is 926 g/mol. The highest BCUT2D eigenvalue weighted by molar-refractivity contribution is 8.57. The molecule has 4 fully saturated rings. The molecule has 6 atom stereocenters. The monoisotopic (exact) mass is 925 g/mol. The van der Waals surface area contributed by atoms with Crippen molar-refractivity contribution in [1.29, 1.82) is 0 Å². The summed E-state index contributed by atoms with van der Waals surface area (Å²) in [6.45, 7) is 9.16. The maximum Gasteiger partial charge on any atom is 0.408 e. The largest absolute Gasteiger partial charge is 0.496 e. The summed E-state index contributed by atoms with van der Waals surface area (Å²) in [6, 6.07) is 3.54. The van der Waals surface area contributed by atoms with Gasteiger partial charge in [0.2, 0.25) is 18.3 Å². The van der Waals surface area contributed by atoms with Crippen LogP contribution < -0.4 is 31.3 Å². The summed E-state index contributed by atoms with van der Waals surface area (Å²) in [4.78, 5) is 71.4. The molecule has 2 aromatic rings. The first kappa shape index (κ1) is 50.6. The van der Waals surface area contributed by atoms with Gasteiger partial charge in [-0.25, -0.2) is 4.79 Å². The van der Waals surface area contributed by atoms with Crippen LogP contribution in [0.3, 0.4) is 0 Å². The number of methoxy groups -OCH3 is 1. The number of H-pyrrole nitrogens is 1. The number of pyridine rings is 1. The number of alkyl carbamates (subject to hydrolysis) is 1. The number of amides is 3. The van der Waals surface area contributed by atoms with E-state index in [4.69, 9.17) is 14.2 Å². The average Bonchev–Trinajstić information content (AvgIpc) is 4.16.